The molecular formula is C16H12BrFO3. The molecule has 0 saturated carbocycles. The third kappa shape index (κ3) is 2.93. The average molecular weight is 351 g/mol. The van der Waals surface area contributed by atoms with E-state index in [4.69, 9.17) is 9.47 Å². The first kappa shape index (κ1) is 14.1. The number of fused-ring (bicyclic) bond motifs is 1. The molecule has 3 nitrogen and oxygen atoms in total. The molecule has 0 spiro atoms. The Morgan fingerprint density at radius 1 is 1.33 bits per heavy atom. The number of hydrogen-bond acceptors (Lipinski definition) is 3. The van der Waals surface area contributed by atoms with Gasteiger partial charge in [0.15, 0.2) is 11.6 Å². The summed E-state index contributed by atoms with van der Waals surface area (Å²) in [5.41, 5.74) is 2.28. The topological polar surface area (TPSA) is 35.5 Å². The highest BCUT2D eigenvalue weighted by Gasteiger charge is 2.18. The molecule has 0 atom stereocenters. The van der Waals surface area contributed by atoms with E-state index in [0.717, 1.165) is 33.8 Å². The maximum atomic E-state index is 13.8. The minimum Gasteiger partial charge on any atom is -0.493 e. The Morgan fingerprint density at radius 3 is 2.95 bits per heavy atom. The molecule has 1 heterocycles. The zero-order valence-electron chi connectivity index (χ0n) is 11.1. The second kappa shape index (κ2) is 5.85. The molecule has 5 heteroatoms. The lowest BCUT2D eigenvalue weighted by Gasteiger charge is -2.11. The molecule has 1 aliphatic rings. The fourth-order valence-electron chi connectivity index (χ4n) is 2.32. The number of ether oxygens (including phenoxy) is 2. The molecule has 1 aliphatic heterocycles. The summed E-state index contributed by atoms with van der Waals surface area (Å²) in [5, 5.41) is 0. The predicted molar refractivity (Wildman–Crippen MR) is 79.5 cm³/mol. The standard InChI is InChI=1S/C16H12BrFO3/c17-13-6-11-3-4-20-16(11)12(7-13)9-21-15-2-1-10(8-19)5-14(15)18/h1-2,5-8H,3-4,9H2. The number of carbonyl (C=O) groups excluding carboxylic acids is 1. The van der Waals surface area contributed by atoms with Crippen molar-refractivity contribution in [2.45, 2.75) is 13.0 Å². The molecule has 0 radical (unpaired) electrons. The Bertz CT molecular complexity index is 700. The summed E-state index contributed by atoms with van der Waals surface area (Å²) in [5.74, 6) is 0.391. The second-order valence-electron chi connectivity index (χ2n) is 4.75. The Balaban J connectivity index is 1.81. The number of rotatable bonds is 4. The van der Waals surface area contributed by atoms with Crippen LogP contribution in [-0.4, -0.2) is 12.9 Å². The predicted octanol–water partition coefficient (Wildman–Crippen LogP) is 3.91. The van der Waals surface area contributed by atoms with Crippen LogP contribution in [0.4, 0.5) is 4.39 Å². The molecule has 0 aromatic heterocycles. The quantitative estimate of drug-likeness (QED) is 0.784. The fraction of sp³-hybridized carbons (Fsp3) is 0.188. The van der Waals surface area contributed by atoms with Crippen molar-refractivity contribution in [2.75, 3.05) is 6.61 Å². The summed E-state index contributed by atoms with van der Waals surface area (Å²) >= 11 is 3.45. The van der Waals surface area contributed by atoms with Crippen LogP contribution in [0.3, 0.4) is 0 Å². The monoisotopic (exact) mass is 350 g/mol. The Kier molecular flexibility index (Phi) is 3.92. The molecule has 3 rings (SSSR count). The molecule has 0 aliphatic carbocycles. The summed E-state index contributed by atoms with van der Waals surface area (Å²) in [6.45, 7) is 0.861. The second-order valence-corrected chi connectivity index (χ2v) is 5.66. The van der Waals surface area contributed by atoms with Crippen molar-refractivity contribution in [2.24, 2.45) is 0 Å². The summed E-state index contributed by atoms with van der Waals surface area (Å²) in [7, 11) is 0. The van der Waals surface area contributed by atoms with Gasteiger partial charge in [-0.25, -0.2) is 4.39 Å². The first-order chi connectivity index (χ1) is 10.2. The largest absolute Gasteiger partial charge is 0.493 e. The number of aldehydes is 1. The van der Waals surface area contributed by atoms with Crippen LogP contribution < -0.4 is 9.47 Å². The van der Waals surface area contributed by atoms with Crippen molar-refractivity contribution in [3.63, 3.8) is 0 Å². The Labute approximate surface area is 129 Å². The molecule has 21 heavy (non-hydrogen) atoms. The van der Waals surface area contributed by atoms with Crippen molar-refractivity contribution < 1.29 is 18.7 Å². The van der Waals surface area contributed by atoms with Crippen molar-refractivity contribution >= 4 is 22.2 Å². The normalized spacial score (nSPS) is 12.7. The van der Waals surface area contributed by atoms with Crippen LogP contribution in [0.5, 0.6) is 11.5 Å². The molecule has 2 aromatic rings. The van der Waals surface area contributed by atoms with E-state index in [1.54, 1.807) is 0 Å². The lowest BCUT2D eigenvalue weighted by molar-refractivity contribution is 0.112. The molecule has 108 valence electrons. The van der Waals surface area contributed by atoms with Gasteiger partial charge >= 0.3 is 0 Å². The fourth-order valence-corrected chi connectivity index (χ4v) is 2.87. The van der Waals surface area contributed by atoms with Crippen LogP contribution in [-0.2, 0) is 13.0 Å². The van der Waals surface area contributed by atoms with Gasteiger partial charge in [0.05, 0.1) is 6.61 Å². The number of hydrogen-bond donors (Lipinski definition) is 0. The van der Waals surface area contributed by atoms with Gasteiger partial charge in [0.25, 0.3) is 0 Å². The Morgan fingerprint density at radius 2 is 2.19 bits per heavy atom. The number of carbonyl (C=O) groups is 1. The summed E-state index contributed by atoms with van der Waals surface area (Å²) in [6, 6.07) is 8.06. The van der Waals surface area contributed by atoms with Crippen molar-refractivity contribution in [3.05, 3.63) is 57.3 Å². The highest BCUT2D eigenvalue weighted by molar-refractivity contribution is 9.10. The SMILES string of the molecule is O=Cc1ccc(OCc2cc(Br)cc3c2OCC3)c(F)c1. The van der Waals surface area contributed by atoms with Gasteiger partial charge < -0.3 is 9.47 Å². The van der Waals surface area contributed by atoms with Gasteiger partial charge in [-0.2, -0.15) is 0 Å². The van der Waals surface area contributed by atoms with Crippen LogP contribution in [0.15, 0.2) is 34.8 Å². The summed E-state index contributed by atoms with van der Waals surface area (Å²) in [6.07, 6.45) is 1.46. The third-order valence-electron chi connectivity index (χ3n) is 3.30. The smallest absolute Gasteiger partial charge is 0.165 e. The first-order valence-corrected chi connectivity index (χ1v) is 7.28. The highest BCUT2D eigenvalue weighted by atomic mass is 79.9. The number of benzene rings is 2. The number of halogens is 2. The van der Waals surface area contributed by atoms with E-state index < -0.39 is 5.82 Å². The minimum atomic E-state index is -0.549. The van der Waals surface area contributed by atoms with E-state index >= 15 is 0 Å². The summed E-state index contributed by atoms with van der Waals surface area (Å²) in [4.78, 5) is 10.6. The van der Waals surface area contributed by atoms with Crippen LogP contribution in [0.2, 0.25) is 0 Å². The minimum absolute atomic E-state index is 0.118. The van der Waals surface area contributed by atoms with Gasteiger partial charge in [0, 0.05) is 22.0 Å². The molecule has 2 aromatic carbocycles. The molecule has 0 N–H and O–H groups in total. The Hall–Kier alpha value is -1.88. The zero-order chi connectivity index (χ0) is 14.8. The van der Waals surface area contributed by atoms with E-state index in [-0.39, 0.29) is 17.9 Å². The molecule has 0 amide bonds. The highest BCUT2D eigenvalue weighted by Crippen LogP contribution is 2.33. The maximum Gasteiger partial charge on any atom is 0.165 e. The van der Waals surface area contributed by atoms with E-state index in [1.165, 1.54) is 12.1 Å². The van der Waals surface area contributed by atoms with E-state index in [0.29, 0.717) is 12.9 Å². The van der Waals surface area contributed by atoms with Crippen LogP contribution in [0, 0.1) is 5.82 Å². The lowest BCUT2D eigenvalue weighted by atomic mass is 10.1. The molecule has 0 unspecified atom stereocenters. The van der Waals surface area contributed by atoms with E-state index in [1.807, 2.05) is 12.1 Å². The van der Waals surface area contributed by atoms with Gasteiger partial charge in [-0.05, 0) is 35.9 Å². The van der Waals surface area contributed by atoms with Crippen molar-refractivity contribution in [1.29, 1.82) is 0 Å². The van der Waals surface area contributed by atoms with E-state index in [2.05, 4.69) is 15.9 Å². The van der Waals surface area contributed by atoms with Crippen molar-refractivity contribution in [1.82, 2.24) is 0 Å². The molecule has 0 bridgehead atoms. The molecule has 0 fully saturated rings. The first-order valence-electron chi connectivity index (χ1n) is 6.49. The van der Waals surface area contributed by atoms with Crippen LogP contribution in [0.1, 0.15) is 21.5 Å². The summed E-state index contributed by atoms with van der Waals surface area (Å²) < 4.78 is 25.8. The van der Waals surface area contributed by atoms with Gasteiger partial charge in [-0.15, -0.1) is 0 Å². The van der Waals surface area contributed by atoms with Gasteiger partial charge in [-0.1, -0.05) is 15.9 Å². The van der Waals surface area contributed by atoms with E-state index in [9.17, 15) is 9.18 Å². The maximum absolute atomic E-state index is 13.8. The average Bonchev–Trinajstić information content (AvgIpc) is 2.93. The zero-order valence-corrected chi connectivity index (χ0v) is 12.7. The molecule has 0 saturated heterocycles. The van der Waals surface area contributed by atoms with Crippen LogP contribution >= 0.6 is 15.9 Å². The van der Waals surface area contributed by atoms with Crippen molar-refractivity contribution in [3.8, 4) is 11.5 Å². The molecular weight excluding hydrogens is 339 g/mol. The van der Waals surface area contributed by atoms with Gasteiger partial charge in [0.2, 0.25) is 0 Å². The lowest BCUT2D eigenvalue weighted by Crippen LogP contribution is -2.00. The van der Waals surface area contributed by atoms with Gasteiger partial charge in [0.1, 0.15) is 18.6 Å². The third-order valence-corrected chi connectivity index (χ3v) is 3.76. The van der Waals surface area contributed by atoms with Gasteiger partial charge in [-0.3, -0.25) is 4.79 Å². The van der Waals surface area contributed by atoms with Crippen LogP contribution in [0.25, 0.3) is 0 Å².